The van der Waals surface area contributed by atoms with Crippen molar-refractivity contribution in [2.24, 2.45) is 0 Å². The van der Waals surface area contributed by atoms with Crippen molar-refractivity contribution in [2.45, 2.75) is 0 Å². The highest BCUT2D eigenvalue weighted by Crippen LogP contribution is 2.24. The maximum atomic E-state index is 11.8. The molecule has 0 aliphatic rings. The summed E-state index contributed by atoms with van der Waals surface area (Å²) < 4.78 is 0. The Kier molecular flexibility index (Phi) is 4.66. The van der Waals surface area contributed by atoms with E-state index in [0.29, 0.717) is 21.4 Å². The van der Waals surface area contributed by atoms with Gasteiger partial charge in [-0.1, -0.05) is 35.3 Å². The maximum absolute atomic E-state index is 11.8. The number of nitrogen functional groups attached to an aromatic ring is 1. The number of nitrogens with one attached hydrogen (secondary N) is 1. The van der Waals surface area contributed by atoms with Gasteiger partial charge in [-0.05, 0) is 42.0 Å². The summed E-state index contributed by atoms with van der Waals surface area (Å²) >= 11 is 11.8. The molecule has 102 valence electrons. The lowest BCUT2D eigenvalue weighted by Gasteiger charge is -2.05. The van der Waals surface area contributed by atoms with E-state index in [0.717, 1.165) is 5.56 Å². The van der Waals surface area contributed by atoms with Crippen LogP contribution in [-0.4, -0.2) is 5.91 Å². The zero-order valence-corrected chi connectivity index (χ0v) is 11.9. The molecule has 0 bridgehead atoms. The number of halogens is 2. The third kappa shape index (κ3) is 4.02. The van der Waals surface area contributed by atoms with Crippen molar-refractivity contribution in [2.75, 3.05) is 11.1 Å². The summed E-state index contributed by atoms with van der Waals surface area (Å²) in [5, 5.41) is 3.73. The lowest BCUT2D eigenvalue weighted by Crippen LogP contribution is -2.08. The summed E-state index contributed by atoms with van der Waals surface area (Å²) in [6, 6.07) is 12.1. The zero-order chi connectivity index (χ0) is 14.5. The fraction of sp³-hybridized carbons (Fsp3) is 0. The molecule has 5 heteroatoms. The van der Waals surface area contributed by atoms with Crippen LogP contribution in [0.1, 0.15) is 5.56 Å². The molecular weight excluding hydrogens is 295 g/mol. The van der Waals surface area contributed by atoms with Crippen molar-refractivity contribution >= 4 is 46.6 Å². The Balaban J connectivity index is 2.03. The molecule has 2 rings (SSSR count). The van der Waals surface area contributed by atoms with E-state index >= 15 is 0 Å². The molecule has 0 saturated carbocycles. The summed E-state index contributed by atoms with van der Waals surface area (Å²) in [7, 11) is 0. The zero-order valence-electron chi connectivity index (χ0n) is 10.4. The van der Waals surface area contributed by atoms with E-state index in [1.807, 2.05) is 12.1 Å². The van der Waals surface area contributed by atoms with Gasteiger partial charge in [0.25, 0.3) is 0 Å². The summed E-state index contributed by atoms with van der Waals surface area (Å²) in [6.07, 6.45) is 3.12. The molecule has 1 amide bonds. The van der Waals surface area contributed by atoms with Crippen LogP contribution in [0.2, 0.25) is 10.0 Å². The molecule has 0 radical (unpaired) electrons. The third-order valence-corrected chi connectivity index (χ3v) is 3.11. The molecule has 0 unspecified atom stereocenters. The Morgan fingerprint density at radius 2 is 1.80 bits per heavy atom. The highest BCUT2D eigenvalue weighted by molar-refractivity contribution is 6.34. The standard InChI is InChI=1S/C15H12Cl2N2O/c16-11-4-1-10(2-5-11)3-8-15(20)19-14-7-6-12(18)9-13(14)17/h1-9H,18H2,(H,19,20)/b8-3+. The number of anilines is 2. The first-order chi connectivity index (χ1) is 9.54. The van der Waals surface area contributed by atoms with Gasteiger partial charge in [0, 0.05) is 16.8 Å². The molecule has 3 nitrogen and oxygen atoms in total. The van der Waals surface area contributed by atoms with Crippen LogP contribution in [0.3, 0.4) is 0 Å². The van der Waals surface area contributed by atoms with Crippen molar-refractivity contribution in [3.63, 3.8) is 0 Å². The Morgan fingerprint density at radius 3 is 2.45 bits per heavy atom. The summed E-state index contributed by atoms with van der Waals surface area (Å²) in [5.74, 6) is -0.272. The third-order valence-electron chi connectivity index (χ3n) is 2.55. The van der Waals surface area contributed by atoms with Gasteiger partial charge in [0.2, 0.25) is 5.91 Å². The Labute approximate surface area is 127 Å². The molecule has 0 saturated heterocycles. The smallest absolute Gasteiger partial charge is 0.248 e. The van der Waals surface area contributed by atoms with Gasteiger partial charge in [-0.15, -0.1) is 0 Å². The summed E-state index contributed by atoms with van der Waals surface area (Å²) in [5.41, 5.74) is 7.53. The number of hydrogen-bond donors (Lipinski definition) is 2. The maximum Gasteiger partial charge on any atom is 0.248 e. The Morgan fingerprint density at radius 1 is 1.10 bits per heavy atom. The van der Waals surface area contributed by atoms with E-state index in [1.165, 1.54) is 6.08 Å². The predicted molar refractivity (Wildman–Crippen MR) is 85.0 cm³/mol. The number of amides is 1. The lowest BCUT2D eigenvalue weighted by atomic mass is 10.2. The predicted octanol–water partition coefficient (Wildman–Crippen LogP) is 4.23. The molecule has 0 heterocycles. The van der Waals surface area contributed by atoms with E-state index in [-0.39, 0.29) is 5.91 Å². The van der Waals surface area contributed by atoms with Crippen LogP contribution in [0, 0.1) is 0 Å². The van der Waals surface area contributed by atoms with Gasteiger partial charge in [-0.3, -0.25) is 4.79 Å². The molecule has 0 atom stereocenters. The molecule has 0 aliphatic carbocycles. The van der Waals surface area contributed by atoms with Crippen LogP contribution >= 0.6 is 23.2 Å². The first-order valence-corrected chi connectivity index (χ1v) is 6.60. The first kappa shape index (κ1) is 14.4. The van der Waals surface area contributed by atoms with Crippen LogP contribution in [0.25, 0.3) is 6.08 Å². The van der Waals surface area contributed by atoms with E-state index in [4.69, 9.17) is 28.9 Å². The van der Waals surface area contributed by atoms with E-state index < -0.39 is 0 Å². The minimum atomic E-state index is -0.272. The second-order valence-electron chi connectivity index (χ2n) is 4.11. The molecule has 3 N–H and O–H groups in total. The van der Waals surface area contributed by atoms with Crippen LogP contribution in [0.5, 0.6) is 0 Å². The molecule has 0 aromatic heterocycles. The fourth-order valence-corrected chi connectivity index (χ4v) is 1.92. The first-order valence-electron chi connectivity index (χ1n) is 5.84. The second-order valence-corrected chi connectivity index (χ2v) is 4.96. The molecule has 0 aliphatic heterocycles. The van der Waals surface area contributed by atoms with Crippen molar-refractivity contribution in [3.05, 3.63) is 64.1 Å². The molecule has 0 spiro atoms. The monoisotopic (exact) mass is 306 g/mol. The van der Waals surface area contributed by atoms with Crippen molar-refractivity contribution in [3.8, 4) is 0 Å². The molecular formula is C15H12Cl2N2O. The average molecular weight is 307 g/mol. The van der Waals surface area contributed by atoms with Gasteiger partial charge in [0.05, 0.1) is 10.7 Å². The molecule has 2 aromatic rings. The Hall–Kier alpha value is -1.97. The minimum absolute atomic E-state index is 0.272. The van der Waals surface area contributed by atoms with E-state index in [1.54, 1.807) is 36.4 Å². The van der Waals surface area contributed by atoms with Crippen LogP contribution in [0.4, 0.5) is 11.4 Å². The quantitative estimate of drug-likeness (QED) is 0.658. The second kappa shape index (κ2) is 6.46. The number of nitrogens with two attached hydrogens (primary N) is 1. The number of carbonyl (C=O) groups excluding carboxylic acids is 1. The van der Waals surface area contributed by atoms with Gasteiger partial charge < -0.3 is 11.1 Å². The Bertz CT molecular complexity index is 651. The van der Waals surface area contributed by atoms with Gasteiger partial charge in [0.15, 0.2) is 0 Å². The molecule has 20 heavy (non-hydrogen) atoms. The SMILES string of the molecule is Nc1ccc(NC(=O)/C=C/c2ccc(Cl)cc2)c(Cl)c1. The molecule has 2 aromatic carbocycles. The minimum Gasteiger partial charge on any atom is -0.399 e. The fourth-order valence-electron chi connectivity index (χ4n) is 1.55. The van der Waals surface area contributed by atoms with Gasteiger partial charge in [-0.25, -0.2) is 0 Å². The largest absolute Gasteiger partial charge is 0.399 e. The highest BCUT2D eigenvalue weighted by Gasteiger charge is 2.03. The molecule has 0 fully saturated rings. The number of rotatable bonds is 3. The van der Waals surface area contributed by atoms with E-state index in [9.17, 15) is 4.79 Å². The average Bonchev–Trinajstić information content (AvgIpc) is 2.41. The van der Waals surface area contributed by atoms with Crippen LogP contribution < -0.4 is 11.1 Å². The van der Waals surface area contributed by atoms with Gasteiger partial charge in [0.1, 0.15) is 0 Å². The number of hydrogen-bond acceptors (Lipinski definition) is 2. The van der Waals surface area contributed by atoms with Gasteiger partial charge in [-0.2, -0.15) is 0 Å². The normalized spacial score (nSPS) is 10.7. The topological polar surface area (TPSA) is 55.1 Å². The highest BCUT2D eigenvalue weighted by atomic mass is 35.5. The van der Waals surface area contributed by atoms with Gasteiger partial charge >= 0.3 is 0 Å². The van der Waals surface area contributed by atoms with E-state index in [2.05, 4.69) is 5.32 Å². The van der Waals surface area contributed by atoms with Crippen molar-refractivity contribution in [1.29, 1.82) is 0 Å². The number of carbonyl (C=O) groups is 1. The summed E-state index contributed by atoms with van der Waals surface area (Å²) in [6.45, 7) is 0. The van der Waals surface area contributed by atoms with Crippen molar-refractivity contribution in [1.82, 2.24) is 0 Å². The van der Waals surface area contributed by atoms with Crippen LogP contribution in [0.15, 0.2) is 48.5 Å². The lowest BCUT2D eigenvalue weighted by molar-refractivity contribution is -0.111. The number of benzene rings is 2. The summed E-state index contributed by atoms with van der Waals surface area (Å²) in [4.78, 5) is 11.8. The van der Waals surface area contributed by atoms with Crippen LogP contribution in [-0.2, 0) is 4.79 Å². The van der Waals surface area contributed by atoms with Crippen molar-refractivity contribution < 1.29 is 4.79 Å².